The minimum atomic E-state index is -0.208. The number of hydrogen-bond acceptors (Lipinski definition) is 3. The van der Waals surface area contributed by atoms with Gasteiger partial charge in [-0.1, -0.05) is 78.9 Å². The van der Waals surface area contributed by atoms with Crippen LogP contribution in [0.15, 0.2) is 59.1 Å². The summed E-state index contributed by atoms with van der Waals surface area (Å²) in [7, 11) is 4.39. The second-order valence-corrected chi connectivity index (χ2v) is 11.5. The molecule has 1 atom stereocenters. The molecule has 0 radical (unpaired) electrons. The van der Waals surface area contributed by atoms with Gasteiger partial charge in [0.25, 0.3) is 0 Å². The molecule has 4 rings (SSSR count). The number of aromatic nitrogens is 1. The number of nitrogens with zero attached hydrogens (tertiary/aromatic N) is 2. The summed E-state index contributed by atoms with van der Waals surface area (Å²) in [5.41, 5.74) is 2.11. The summed E-state index contributed by atoms with van der Waals surface area (Å²) in [5, 5.41) is 1.12. The van der Waals surface area contributed by atoms with Gasteiger partial charge >= 0.3 is 0 Å². The normalized spacial score (nSPS) is 16.8. The monoisotopic (exact) mass is 515 g/mol. The highest BCUT2D eigenvalue weighted by atomic mass is 35.5. The lowest BCUT2D eigenvalue weighted by Gasteiger charge is -2.38. The minimum Gasteiger partial charge on any atom is -0.439 e. The number of oxazole rings is 1. The average molecular weight is 517 g/mol. The van der Waals surface area contributed by atoms with E-state index in [1.807, 2.05) is 18.3 Å². The van der Waals surface area contributed by atoms with Crippen molar-refractivity contribution in [3.63, 3.8) is 0 Å². The fourth-order valence-corrected chi connectivity index (χ4v) is 5.57. The molecule has 0 bridgehead atoms. The van der Waals surface area contributed by atoms with E-state index in [-0.39, 0.29) is 5.41 Å². The van der Waals surface area contributed by atoms with Crippen LogP contribution in [0.5, 0.6) is 0 Å². The van der Waals surface area contributed by atoms with Crippen LogP contribution in [0, 0.1) is 5.92 Å². The van der Waals surface area contributed by atoms with Crippen molar-refractivity contribution in [1.29, 1.82) is 0 Å². The smallest absolute Gasteiger partial charge is 0.205 e. The minimum absolute atomic E-state index is 0.208. The molecule has 0 saturated heterocycles. The number of halogens is 2. The Hall–Kier alpha value is -1.85. The molecule has 1 fully saturated rings. The van der Waals surface area contributed by atoms with Crippen molar-refractivity contribution in [2.75, 3.05) is 27.2 Å². The van der Waals surface area contributed by atoms with Gasteiger partial charge in [0.05, 0.1) is 49.0 Å². The molecule has 1 aliphatic carbocycles. The van der Waals surface area contributed by atoms with E-state index in [0.29, 0.717) is 29.2 Å². The molecule has 188 valence electrons. The van der Waals surface area contributed by atoms with Crippen molar-refractivity contribution in [3.05, 3.63) is 87.6 Å². The molecule has 4 nitrogen and oxygen atoms in total. The van der Waals surface area contributed by atoms with Crippen LogP contribution in [0.25, 0.3) is 0 Å². The molecule has 0 N–H and O–H groups in total. The summed E-state index contributed by atoms with van der Waals surface area (Å²) in [6.45, 7) is 5.09. The maximum Gasteiger partial charge on any atom is 0.205 e. The van der Waals surface area contributed by atoms with E-state index in [0.717, 1.165) is 34.8 Å². The van der Waals surface area contributed by atoms with E-state index in [4.69, 9.17) is 37.3 Å². The van der Waals surface area contributed by atoms with Crippen molar-refractivity contribution in [2.45, 2.75) is 57.6 Å². The predicted molar refractivity (Wildman–Crippen MR) is 143 cm³/mol. The summed E-state index contributed by atoms with van der Waals surface area (Å²) in [6.07, 6.45) is 8.27. The summed E-state index contributed by atoms with van der Waals surface area (Å²) in [6, 6.07) is 16.4. The van der Waals surface area contributed by atoms with Crippen LogP contribution in [0.2, 0.25) is 10.0 Å². The third-order valence-electron chi connectivity index (χ3n) is 7.47. The van der Waals surface area contributed by atoms with Gasteiger partial charge in [0.15, 0.2) is 5.76 Å². The largest absolute Gasteiger partial charge is 0.439 e. The molecule has 2 aromatic carbocycles. The molecule has 0 amide bonds. The Morgan fingerprint density at radius 2 is 1.77 bits per heavy atom. The zero-order valence-electron chi connectivity index (χ0n) is 21.1. The number of quaternary nitrogens is 1. The Balaban J connectivity index is 1.40. The molecule has 1 heterocycles. The van der Waals surface area contributed by atoms with E-state index in [1.165, 1.54) is 37.7 Å². The van der Waals surface area contributed by atoms with Crippen LogP contribution < -0.4 is 0 Å². The molecular weight excluding hydrogens is 479 g/mol. The highest BCUT2D eigenvalue weighted by Crippen LogP contribution is 2.45. The first-order chi connectivity index (χ1) is 16.8. The second-order valence-electron chi connectivity index (χ2n) is 10.7. The summed E-state index contributed by atoms with van der Waals surface area (Å²) in [5.74, 6) is 2.32. The van der Waals surface area contributed by atoms with Crippen molar-refractivity contribution >= 4 is 23.2 Å². The Kier molecular flexibility index (Phi) is 8.59. The first-order valence-electron chi connectivity index (χ1n) is 12.6. The summed E-state index contributed by atoms with van der Waals surface area (Å²) in [4.78, 5) is 4.84. The van der Waals surface area contributed by atoms with Gasteiger partial charge in [0.2, 0.25) is 5.89 Å². The fraction of sp³-hybridized carbons (Fsp3) is 0.483. The third kappa shape index (κ3) is 6.48. The van der Waals surface area contributed by atoms with Crippen LogP contribution in [0.3, 0.4) is 0 Å². The zero-order valence-corrected chi connectivity index (χ0v) is 22.6. The van der Waals surface area contributed by atoms with Gasteiger partial charge in [-0.3, -0.25) is 0 Å². The third-order valence-corrected chi connectivity index (χ3v) is 8.21. The Bertz CT molecular complexity index is 1090. The molecule has 1 aliphatic rings. The summed E-state index contributed by atoms with van der Waals surface area (Å²) < 4.78 is 13.2. The lowest BCUT2D eigenvalue weighted by atomic mass is 9.66. The SMILES string of the molecule is C[C@](c1ccccc1)(c1ncc(C[N+](C)(C)CCOCc2ccc(Cl)c(Cl)c2)o1)C1CCCCC1. The van der Waals surface area contributed by atoms with Crippen molar-refractivity contribution in [3.8, 4) is 0 Å². The molecule has 1 aromatic heterocycles. The molecule has 0 spiro atoms. The molecule has 1 saturated carbocycles. The van der Waals surface area contributed by atoms with E-state index < -0.39 is 0 Å². The maximum absolute atomic E-state index is 6.50. The predicted octanol–water partition coefficient (Wildman–Crippen LogP) is 7.66. The Morgan fingerprint density at radius 3 is 2.49 bits per heavy atom. The van der Waals surface area contributed by atoms with Gasteiger partial charge < -0.3 is 13.6 Å². The topological polar surface area (TPSA) is 35.3 Å². The molecular formula is C29H37Cl2N2O2+. The number of rotatable bonds is 10. The van der Waals surface area contributed by atoms with Crippen LogP contribution >= 0.6 is 23.2 Å². The highest BCUT2D eigenvalue weighted by molar-refractivity contribution is 6.42. The lowest BCUT2D eigenvalue weighted by Crippen LogP contribution is -2.41. The van der Waals surface area contributed by atoms with Crippen molar-refractivity contribution in [2.24, 2.45) is 5.92 Å². The first kappa shape index (κ1) is 26.2. The van der Waals surface area contributed by atoms with Gasteiger partial charge in [-0.05, 0) is 48.9 Å². The van der Waals surface area contributed by atoms with Gasteiger partial charge in [0, 0.05) is 0 Å². The fourth-order valence-electron chi connectivity index (χ4n) is 5.25. The lowest BCUT2D eigenvalue weighted by molar-refractivity contribution is -0.905. The number of ether oxygens (including phenoxy) is 1. The average Bonchev–Trinajstić information content (AvgIpc) is 3.33. The van der Waals surface area contributed by atoms with Crippen LogP contribution in [-0.4, -0.2) is 36.7 Å². The van der Waals surface area contributed by atoms with Gasteiger partial charge in [-0.2, -0.15) is 0 Å². The van der Waals surface area contributed by atoms with Gasteiger partial charge in [-0.15, -0.1) is 0 Å². The molecule has 0 aliphatic heterocycles. The first-order valence-corrected chi connectivity index (χ1v) is 13.4. The number of benzene rings is 2. The van der Waals surface area contributed by atoms with Crippen LogP contribution in [-0.2, 0) is 23.3 Å². The van der Waals surface area contributed by atoms with Crippen LogP contribution in [0.1, 0.15) is 61.8 Å². The maximum atomic E-state index is 6.50. The van der Waals surface area contributed by atoms with E-state index in [2.05, 4.69) is 51.4 Å². The van der Waals surface area contributed by atoms with Gasteiger partial charge in [0.1, 0.15) is 13.1 Å². The molecule has 3 aromatic rings. The van der Waals surface area contributed by atoms with Crippen LogP contribution in [0.4, 0.5) is 0 Å². The number of hydrogen-bond donors (Lipinski definition) is 0. The van der Waals surface area contributed by atoms with Gasteiger partial charge in [-0.25, -0.2) is 4.98 Å². The Labute approximate surface area is 219 Å². The molecule has 6 heteroatoms. The standard InChI is InChI=1S/C29H37Cl2N2O2/c1-29(23-10-6-4-7-11-23,24-12-8-5-9-13-24)28-32-19-25(35-28)20-33(2,3)16-17-34-21-22-14-15-26(30)27(31)18-22/h4,6-7,10-11,14-15,18-19,24H,5,8-9,12-13,16-17,20-21H2,1-3H3/q+1/t29-/m1/s1. The summed E-state index contributed by atoms with van der Waals surface area (Å²) >= 11 is 12.1. The number of likely N-dealkylation sites (N-methyl/N-ethyl adjacent to an activating group) is 1. The zero-order chi connectivity index (χ0) is 24.9. The van der Waals surface area contributed by atoms with E-state index >= 15 is 0 Å². The van der Waals surface area contributed by atoms with Crippen molar-refractivity contribution in [1.82, 2.24) is 4.98 Å². The second kappa shape index (κ2) is 11.5. The van der Waals surface area contributed by atoms with Crippen molar-refractivity contribution < 1.29 is 13.6 Å². The van der Waals surface area contributed by atoms with E-state index in [1.54, 1.807) is 6.07 Å². The Morgan fingerprint density at radius 1 is 1.03 bits per heavy atom. The molecule has 35 heavy (non-hydrogen) atoms. The van der Waals surface area contributed by atoms with E-state index in [9.17, 15) is 0 Å². The quantitative estimate of drug-likeness (QED) is 0.205. The molecule has 0 unspecified atom stereocenters. The highest BCUT2D eigenvalue weighted by Gasteiger charge is 2.42.